The SMILES string of the molecule is COc1ncccc1CN1CCOCC2(CCC(CN(C)C)O2)C1. The Bertz CT molecular complexity index is 540. The van der Waals surface area contributed by atoms with Gasteiger partial charge in [-0.05, 0) is 33.0 Å². The van der Waals surface area contributed by atoms with Gasteiger partial charge in [0.2, 0.25) is 5.88 Å². The van der Waals surface area contributed by atoms with Gasteiger partial charge in [0.15, 0.2) is 0 Å². The predicted molar refractivity (Wildman–Crippen MR) is 92.3 cm³/mol. The molecular weight excluding hydrogens is 306 g/mol. The summed E-state index contributed by atoms with van der Waals surface area (Å²) in [5.74, 6) is 0.703. The molecule has 2 aliphatic heterocycles. The van der Waals surface area contributed by atoms with Crippen LogP contribution in [0.5, 0.6) is 5.88 Å². The van der Waals surface area contributed by atoms with Crippen molar-refractivity contribution in [3.8, 4) is 5.88 Å². The number of pyridine rings is 1. The largest absolute Gasteiger partial charge is 0.481 e. The van der Waals surface area contributed by atoms with E-state index in [1.165, 1.54) is 0 Å². The van der Waals surface area contributed by atoms with Gasteiger partial charge in [0.1, 0.15) is 5.60 Å². The van der Waals surface area contributed by atoms with E-state index in [4.69, 9.17) is 14.2 Å². The van der Waals surface area contributed by atoms with Crippen LogP contribution in [0.1, 0.15) is 18.4 Å². The Kier molecular flexibility index (Phi) is 5.71. The van der Waals surface area contributed by atoms with Crippen LogP contribution in [0.2, 0.25) is 0 Å². The van der Waals surface area contributed by atoms with E-state index in [2.05, 4.69) is 34.9 Å². The lowest BCUT2D eigenvalue weighted by Gasteiger charge is -2.32. The van der Waals surface area contributed by atoms with Gasteiger partial charge in [-0.15, -0.1) is 0 Å². The van der Waals surface area contributed by atoms with E-state index in [-0.39, 0.29) is 5.60 Å². The molecule has 2 atom stereocenters. The minimum absolute atomic E-state index is 0.174. The minimum atomic E-state index is -0.174. The zero-order chi connectivity index (χ0) is 17.0. The lowest BCUT2D eigenvalue weighted by molar-refractivity contribution is -0.0902. The average Bonchev–Trinajstić information content (AvgIpc) is 2.82. The van der Waals surface area contributed by atoms with Gasteiger partial charge in [0.05, 0.1) is 26.4 Å². The molecule has 0 aromatic carbocycles. The first-order chi connectivity index (χ1) is 11.6. The van der Waals surface area contributed by atoms with Crippen LogP contribution in [0.15, 0.2) is 18.3 Å². The summed E-state index contributed by atoms with van der Waals surface area (Å²) in [6, 6.07) is 4.04. The van der Waals surface area contributed by atoms with Gasteiger partial charge in [0, 0.05) is 37.9 Å². The van der Waals surface area contributed by atoms with Gasteiger partial charge < -0.3 is 19.1 Å². The third-order valence-corrected chi connectivity index (χ3v) is 4.77. The van der Waals surface area contributed by atoms with E-state index >= 15 is 0 Å². The van der Waals surface area contributed by atoms with E-state index in [0.29, 0.717) is 18.6 Å². The van der Waals surface area contributed by atoms with Crippen molar-refractivity contribution in [2.45, 2.75) is 31.1 Å². The number of rotatable bonds is 5. The Morgan fingerprint density at radius 2 is 2.33 bits per heavy atom. The predicted octanol–water partition coefficient (Wildman–Crippen LogP) is 1.40. The lowest BCUT2D eigenvalue weighted by atomic mass is 10.00. The molecule has 3 heterocycles. The topological polar surface area (TPSA) is 47.1 Å². The number of likely N-dealkylation sites (N-methyl/N-ethyl adjacent to an activating group) is 1. The van der Waals surface area contributed by atoms with Crippen LogP contribution in [-0.4, -0.2) is 80.5 Å². The van der Waals surface area contributed by atoms with Gasteiger partial charge in [-0.25, -0.2) is 4.98 Å². The van der Waals surface area contributed by atoms with Crippen molar-refractivity contribution in [3.05, 3.63) is 23.9 Å². The molecule has 0 radical (unpaired) electrons. The second-order valence-electron chi connectivity index (χ2n) is 7.16. The van der Waals surface area contributed by atoms with E-state index in [9.17, 15) is 0 Å². The molecule has 0 bridgehead atoms. The van der Waals surface area contributed by atoms with E-state index in [1.807, 2.05) is 6.07 Å². The number of methoxy groups -OCH3 is 1. The summed E-state index contributed by atoms with van der Waals surface area (Å²) in [5.41, 5.74) is 0.937. The fourth-order valence-corrected chi connectivity index (χ4v) is 3.74. The Hall–Kier alpha value is -1.21. The van der Waals surface area contributed by atoms with Gasteiger partial charge in [0.25, 0.3) is 0 Å². The first kappa shape index (κ1) is 17.6. The monoisotopic (exact) mass is 335 g/mol. The zero-order valence-electron chi connectivity index (χ0n) is 15.0. The summed E-state index contributed by atoms with van der Waals surface area (Å²) in [4.78, 5) is 8.90. The normalized spacial score (nSPS) is 28.4. The Labute approximate surface area is 144 Å². The van der Waals surface area contributed by atoms with Gasteiger partial charge in [-0.3, -0.25) is 4.90 Å². The van der Waals surface area contributed by atoms with E-state index in [1.54, 1.807) is 13.3 Å². The molecule has 2 aliphatic rings. The molecule has 6 nitrogen and oxygen atoms in total. The molecule has 2 unspecified atom stereocenters. The lowest BCUT2D eigenvalue weighted by Crippen LogP contribution is -2.45. The van der Waals surface area contributed by atoms with Crippen LogP contribution < -0.4 is 4.74 Å². The molecule has 6 heteroatoms. The number of hydrogen-bond donors (Lipinski definition) is 0. The quantitative estimate of drug-likeness (QED) is 0.811. The standard InChI is InChI=1S/C18H29N3O3/c1-20(2)12-16-6-7-18(24-16)13-21(9-10-23-14-18)11-15-5-4-8-19-17(15)22-3/h4-5,8,16H,6-7,9-14H2,1-3H3. The molecule has 1 spiro atoms. The van der Waals surface area contributed by atoms with Crippen LogP contribution in [0, 0.1) is 0 Å². The highest BCUT2D eigenvalue weighted by atomic mass is 16.6. The molecule has 24 heavy (non-hydrogen) atoms. The Morgan fingerprint density at radius 3 is 3.12 bits per heavy atom. The van der Waals surface area contributed by atoms with Crippen molar-refractivity contribution < 1.29 is 14.2 Å². The van der Waals surface area contributed by atoms with Crippen molar-refractivity contribution in [3.63, 3.8) is 0 Å². The second-order valence-corrected chi connectivity index (χ2v) is 7.16. The first-order valence-electron chi connectivity index (χ1n) is 8.71. The minimum Gasteiger partial charge on any atom is -0.481 e. The molecular formula is C18H29N3O3. The Balaban J connectivity index is 1.67. The van der Waals surface area contributed by atoms with Gasteiger partial charge in [-0.1, -0.05) is 6.07 Å². The number of ether oxygens (including phenoxy) is 3. The molecule has 0 aliphatic carbocycles. The summed E-state index contributed by atoms with van der Waals surface area (Å²) >= 11 is 0. The van der Waals surface area contributed by atoms with Crippen molar-refractivity contribution in [2.75, 3.05) is 54.1 Å². The van der Waals surface area contributed by atoms with E-state index in [0.717, 1.165) is 51.2 Å². The summed E-state index contributed by atoms with van der Waals surface area (Å²) < 4.78 is 17.7. The fourth-order valence-electron chi connectivity index (χ4n) is 3.74. The maximum Gasteiger partial charge on any atom is 0.217 e. The van der Waals surface area contributed by atoms with Crippen molar-refractivity contribution >= 4 is 0 Å². The molecule has 2 saturated heterocycles. The van der Waals surface area contributed by atoms with Crippen molar-refractivity contribution in [2.24, 2.45) is 0 Å². The highest BCUT2D eigenvalue weighted by Gasteiger charge is 2.43. The van der Waals surface area contributed by atoms with Crippen LogP contribution in [0.3, 0.4) is 0 Å². The number of aromatic nitrogens is 1. The zero-order valence-corrected chi connectivity index (χ0v) is 15.0. The average molecular weight is 335 g/mol. The molecule has 3 rings (SSSR count). The smallest absolute Gasteiger partial charge is 0.217 e. The van der Waals surface area contributed by atoms with Gasteiger partial charge >= 0.3 is 0 Å². The second kappa shape index (κ2) is 7.78. The number of nitrogens with zero attached hydrogens (tertiary/aromatic N) is 3. The number of hydrogen-bond acceptors (Lipinski definition) is 6. The van der Waals surface area contributed by atoms with Crippen LogP contribution in [-0.2, 0) is 16.0 Å². The maximum absolute atomic E-state index is 6.45. The fraction of sp³-hybridized carbons (Fsp3) is 0.722. The molecule has 1 aromatic rings. The summed E-state index contributed by atoms with van der Waals surface area (Å²) in [6.07, 6.45) is 4.23. The molecule has 0 saturated carbocycles. The highest BCUT2D eigenvalue weighted by Crippen LogP contribution is 2.34. The van der Waals surface area contributed by atoms with Crippen LogP contribution >= 0.6 is 0 Å². The van der Waals surface area contributed by atoms with Gasteiger partial charge in [-0.2, -0.15) is 0 Å². The summed E-state index contributed by atoms with van der Waals surface area (Å²) in [7, 11) is 5.86. The molecule has 134 valence electrons. The molecule has 1 aromatic heterocycles. The van der Waals surface area contributed by atoms with E-state index < -0.39 is 0 Å². The van der Waals surface area contributed by atoms with Crippen molar-refractivity contribution in [1.29, 1.82) is 0 Å². The third-order valence-electron chi connectivity index (χ3n) is 4.77. The van der Waals surface area contributed by atoms with Crippen LogP contribution in [0.25, 0.3) is 0 Å². The molecule has 2 fully saturated rings. The maximum atomic E-state index is 6.45. The summed E-state index contributed by atoms with van der Waals surface area (Å²) in [5, 5.41) is 0. The van der Waals surface area contributed by atoms with Crippen LogP contribution in [0.4, 0.5) is 0 Å². The van der Waals surface area contributed by atoms with Crippen molar-refractivity contribution in [1.82, 2.24) is 14.8 Å². The third kappa shape index (κ3) is 4.25. The Morgan fingerprint density at radius 1 is 1.46 bits per heavy atom. The summed E-state index contributed by atoms with van der Waals surface area (Å²) in [6.45, 7) is 5.02. The molecule has 0 amide bonds. The first-order valence-corrected chi connectivity index (χ1v) is 8.71. The molecule has 0 N–H and O–H groups in total. The highest BCUT2D eigenvalue weighted by molar-refractivity contribution is 5.25.